The molecule has 7 heavy (non-hydrogen) atoms. The van der Waals surface area contributed by atoms with Gasteiger partial charge in [-0.25, -0.2) is 5.43 Å². The molecule has 0 aliphatic carbocycles. The van der Waals surface area contributed by atoms with Crippen molar-refractivity contribution in [2.24, 2.45) is 10.2 Å². The number of hydrogen-bond acceptors (Lipinski definition) is 3. The van der Waals surface area contributed by atoms with E-state index in [1.165, 1.54) is 0 Å². The summed E-state index contributed by atoms with van der Waals surface area (Å²) in [4.78, 5) is 0. The third kappa shape index (κ3) is 5.51. The highest BCUT2D eigenvalue weighted by Crippen LogP contribution is 1.53. The molecule has 0 fully saturated rings. The molecule has 0 heterocycles. The highest BCUT2D eigenvalue weighted by atomic mass is 32.1. The quantitative estimate of drug-likeness (QED) is 0.364. The molecule has 0 saturated carbocycles. The molecular weight excluding hydrogens is 134 g/mol. The van der Waals surface area contributed by atoms with Crippen LogP contribution in [-0.2, 0) is 11.5 Å². The van der Waals surface area contributed by atoms with Gasteiger partial charge in [0.2, 0.25) is 11.5 Å². The highest BCUT2D eigenvalue weighted by molar-refractivity contribution is 7.80. The van der Waals surface area contributed by atoms with Gasteiger partial charge in [-0.1, -0.05) is 4.47 Å². The lowest BCUT2D eigenvalue weighted by Gasteiger charge is -1.84. The van der Waals surface area contributed by atoms with Crippen molar-refractivity contribution in [3.8, 4) is 0 Å². The van der Waals surface area contributed by atoms with Crippen LogP contribution in [0.15, 0.2) is 4.47 Å². The SMILES string of the molecule is NC(=S)NN=S=O. The zero-order valence-electron chi connectivity index (χ0n) is 3.25. The second-order valence-corrected chi connectivity index (χ2v) is 1.41. The monoisotopic (exact) mass is 137 g/mol. The minimum absolute atomic E-state index is 0.00310. The van der Waals surface area contributed by atoms with Gasteiger partial charge in [0.05, 0.1) is 0 Å². The van der Waals surface area contributed by atoms with Crippen molar-refractivity contribution in [2.45, 2.75) is 0 Å². The van der Waals surface area contributed by atoms with Gasteiger partial charge in [-0.15, -0.1) is 0 Å². The van der Waals surface area contributed by atoms with Crippen LogP contribution in [0.3, 0.4) is 0 Å². The molecule has 0 spiro atoms. The Labute approximate surface area is 49.3 Å². The first-order valence-corrected chi connectivity index (χ1v) is 2.42. The Balaban J connectivity index is 3.32. The lowest BCUT2D eigenvalue weighted by atomic mass is 11.2. The molecule has 0 rings (SSSR count). The summed E-state index contributed by atoms with van der Waals surface area (Å²) >= 11 is 4.31. The fraction of sp³-hybridized carbons (Fsp3) is 0. The van der Waals surface area contributed by atoms with Gasteiger partial charge in [0.1, 0.15) is 0 Å². The Morgan fingerprint density at radius 3 is 2.71 bits per heavy atom. The van der Waals surface area contributed by atoms with Crippen LogP contribution in [0.5, 0.6) is 0 Å². The van der Waals surface area contributed by atoms with Crippen molar-refractivity contribution >= 4 is 28.8 Å². The van der Waals surface area contributed by atoms with Gasteiger partial charge in [-0.3, -0.25) is 0 Å². The summed E-state index contributed by atoms with van der Waals surface area (Å²) in [5.74, 6) is 0. The lowest BCUT2D eigenvalue weighted by molar-refractivity contribution is 0.696. The Hall–Kier alpha value is -0.490. The van der Waals surface area contributed by atoms with Gasteiger partial charge >= 0.3 is 0 Å². The van der Waals surface area contributed by atoms with E-state index in [9.17, 15) is 4.21 Å². The van der Waals surface area contributed by atoms with E-state index in [1.807, 2.05) is 0 Å². The topological polar surface area (TPSA) is 67.5 Å². The fourth-order valence-corrected chi connectivity index (χ4v) is 0.303. The van der Waals surface area contributed by atoms with Crippen molar-refractivity contribution in [3.05, 3.63) is 0 Å². The number of nitrogens with one attached hydrogen (secondary N) is 1. The molecule has 0 aromatic heterocycles. The van der Waals surface area contributed by atoms with Gasteiger partial charge in [0, 0.05) is 0 Å². The summed E-state index contributed by atoms with van der Waals surface area (Å²) in [5.41, 5.74) is 6.93. The molecule has 0 atom stereocenters. The molecule has 0 radical (unpaired) electrons. The summed E-state index contributed by atoms with van der Waals surface area (Å²) in [6.45, 7) is 0. The van der Waals surface area contributed by atoms with Crippen LogP contribution in [0.4, 0.5) is 0 Å². The van der Waals surface area contributed by atoms with Gasteiger partial charge in [0.25, 0.3) is 0 Å². The van der Waals surface area contributed by atoms with Gasteiger partial charge < -0.3 is 5.73 Å². The van der Waals surface area contributed by atoms with Crippen LogP contribution in [0.25, 0.3) is 0 Å². The molecule has 0 unspecified atom stereocenters. The van der Waals surface area contributed by atoms with E-state index in [-0.39, 0.29) is 16.6 Å². The van der Waals surface area contributed by atoms with Gasteiger partial charge in [-0.2, -0.15) is 4.21 Å². The first-order valence-electron chi connectivity index (χ1n) is 1.32. The molecular formula is CH3N3OS2. The summed E-state index contributed by atoms with van der Waals surface area (Å²) in [6.07, 6.45) is 0. The maximum absolute atomic E-state index is 9.41. The number of thiocarbonyl (C=S) groups is 1. The maximum atomic E-state index is 9.41. The van der Waals surface area contributed by atoms with E-state index >= 15 is 0 Å². The fourth-order valence-electron chi connectivity index (χ4n) is 0.0636. The molecule has 0 saturated heterocycles. The smallest absolute Gasteiger partial charge is 0.223 e. The number of nitrogens with zero attached hydrogens (tertiary/aromatic N) is 1. The third-order valence-electron chi connectivity index (χ3n) is 0.193. The van der Waals surface area contributed by atoms with Crippen LogP contribution in [-0.4, -0.2) is 9.32 Å². The van der Waals surface area contributed by atoms with E-state index in [2.05, 4.69) is 22.1 Å². The number of hydrogen-bond donors (Lipinski definition) is 2. The van der Waals surface area contributed by atoms with Crippen LogP contribution in [0.1, 0.15) is 0 Å². The molecule has 3 N–H and O–H groups in total. The maximum Gasteiger partial charge on any atom is 0.223 e. The molecule has 6 heteroatoms. The summed E-state index contributed by atoms with van der Waals surface area (Å²) in [6, 6.07) is 0. The van der Waals surface area contributed by atoms with E-state index in [0.29, 0.717) is 0 Å². The predicted molar refractivity (Wildman–Crippen MR) is 30.5 cm³/mol. The highest BCUT2D eigenvalue weighted by Gasteiger charge is 1.74. The predicted octanol–water partition coefficient (Wildman–Crippen LogP) is -0.869. The molecule has 0 aromatic rings. The standard InChI is InChI=1S/CH3N3OS2/c2-1(6)3-4-7-5/h(H3,2,3,6). The van der Waals surface area contributed by atoms with Crippen molar-refractivity contribution in [3.63, 3.8) is 0 Å². The Morgan fingerprint density at radius 1 is 2.00 bits per heavy atom. The van der Waals surface area contributed by atoms with Crippen molar-refractivity contribution in [2.75, 3.05) is 0 Å². The molecule has 0 aromatic carbocycles. The van der Waals surface area contributed by atoms with E-state index < -0.39 is 0 Å². The first kappa shape index (κ1) is 6.51. The molecule has 0 bridgehead atoms. The largest absolute Gasteiger partial charge is 0.375 e. The Bertz CT molecular complexity index is 116. The van der Waals surface area contributed by atoms with Crippen LogP contribution >= 0.6 is 12.2 Å². The van der Waals surface area contributed by atoms with Crippen LogP contribution in [0.2, 0.25) is 0 Å². The normalized spacial score (nSPS) is 6.86. The summed E-state index contributed by atoms with van der Waals surface area (Å²) in [7, 11) is 0. The molecule has 4 nitrogen and oxygen atoms in total. The van der Waals surface area contributed by atoms with Crippen LogP contribution < -0.4 is 11.2 Å². The number of nitrogens with two attached hydrogens (primary N) is 1. The lowest BCUT2D eigenvalue weighted by Crippen LogP contribution is -2.23. The second-order valence-electron chi connectivity index (χ2n) is 0.642. The van der Waals surface area contributed by atoms with Gasteiger partial charge in [-0.05, 0) is 12.2 Å². The molecule has 0 aliphatic heterocycles. The van der Waals surface area contributed by atoms with Crippen LogP contribution in [0, 0.1) is 0 Å². The minimum atomic E-state index is 0.00310. The van der Waals surface area contributed by atoms with Crippen molar-refractivity contribution in [1.29, 1.82) is 0 Å². The van der Waals surface area contributed by atoms with E-state index in [0.717, 1.165) is 0 Å². The number of rotatable bonds is 1. The average molecular weight is 137 g/mol. The molecule has 0 aliphatic rings. The second kappa shape index (κ2) is 3.69. The Kier molecular flexibility index (Phi) is 3.43. The van der Waals surface area contributed by atoms with Crippen molar-refractivity contribution in [1.82, 2.24) is 5.43 Å². The van der Waals surface area contributed by atoms with E-state index in [4.69, 9.17) is 5.73 Å². The zero-order chi connectivity index (χ0) is 5.70. The van der Waals surface area contributed by atoms with E-state index in [1.54, 1.807) is 0 Å². The third-order valence-corrected chi connectivity index (χ3v) is 0.450. The first-order chi connectivity index (χ1) is 3.27. The van der Waals surface area contributed by atoms with Crippen molar-refractivity contribution < 1.29 is 4.21 Å². The molecule has 40 valence electrons. The average Bonchev–Trinajstić information content (AvgIpc) is 1.61. The molecule has 0 amide bonds. The minimum Gasteiger partial charge on any atom is -0.375 e. The zero-order valence-corrected chi connectivity index (χ0v) is 4.88. The summed E-state index contributed by atoms with van der Waals surface area (Å²) in [5, 5.41) is 0.00310. The Morgan fingerprint density at radius 2 is 2.57 bits per heavy atom. The van der Waals surface area contributed by atoms with Gasteiger partial charge in [0.15, 0.2) is 5.11 Å². The summed E-state index contributed by atoms with van der Waals surface area (Å²) < 4.78 is 12.4.